The second-order valence-corrected chi connectivity index (χ2v) is 11.1. The van der Waals surface area contributed by atoms with E-state index in [1.54, 1.807) is 41.5 Å². The van der Waals surface area contributed by atoms with Gasteiger partial charge in [0.25, 0.3) is 0 Å². The van der Waals surface area contributed by atoms with Gasteiger partial charge < -0.3 is 41.7 Å². The molecule has 0 unspecified atom stereocenters. The smallest absolute Gasteiger partial charge is 0.326 e. The van der Waals surface area contributed by atoms with Crippen LogP contribution in [0.4, 0.5) is 4.79 Å². The highest BCUT2D eigenvalue weighted by atomic mass is 16.4. The molecule has 0 bridgehead atoms. The van der Waals surface area contributed by atoms with Gasteiger partial charge in [-0.1, -0.05) is 27.7 Å². The van der Waals surface area contributed by atoms with E-state index in [0.717, 1.165) is 12.8 Å². The van der Waals surface area contributed by atoms with Crippen molar-refractivity contribution >= 4 is 41.6 Å². The van der Waals surface area contributed by atoms with Crippen molar-refractivity contribution in [2.75, 3.05) is 13.1 Å². The van der Waals surface area contributed by atoms with Crippen LogP contribution in [-0.4, -0.2) is 100 Å². The lowest BCUT2D eigenvalue weighted by Crippen LogP contribution is -2.60. The molecule has 0 aromatic rings. The molecule has 4 atom stereocenters. The Labute approximate surface area is 239 Å². The number of aliphatic carboxylic acids is 2. The number of nitrogens with one attached hydrogen (secondary N) is 5. The van der Waals surface area contributed by atoms with Crippen LogP contribution >= 0.6 is 0 Å². The van der Waals surface area contributed by atoms with Crippen molar-refractivity contribution in [1.29, 1.82) is 0 Å². The van der Waals surface area contributed by atoms with Crippen molar-refractivity contribution in [1.82, 2.24) is 31.5 Å². The summed E-state index contributed by atoms with van der Waals surface area (Å²) in [6, 6.07) is -6.48. The third kappa shape index (κ3) is 12.0. The van der Waals surface area contributed by atoms with Crippen LogP contribution in [0, 0.1) is 11.8 Å². The molecule has 0 saturated carbocycles. The van der Waals surface area contributed by atoms with Crippen LogP contribution in [0.15, 0.2) is 0 Å². The van der Waals surface area contributed by atoms with E-state index in [2.05, 4.69) is 26.6 Å². The predicted octanol–water partition coefficient (Wildman–Crippen LogP) is -0.599. The number of likely N-dealkylation sites (tertiary alicyclic amines) is 1. The maximum Gasteiger partial charge on any atom is 0.326 e. The van der Waals surface area contributed by atoms with E-state index in [1.807, 2.05) is 0 Å². The number of rotatable bonds is 15. The molecule has 1 fully saturated rings. The third-order valence-corrected chi connectivity index (χ3v) is 6.37. The summed E-state index contributed by atoms with van der Waals surface area (Å²) in [6.07, 6.45) is 0.196. The summed E-state index contributed by atoms with van der Waals surface area (Å²) in [7, 11) is 0. The van der Waals surface area contributed by atoms with Crippen LogP contribution in [0.2, 0.25) is 0 Å². The van der Waals surface area contributed by atoms with Gasteiger partial charge in [-0.3, -0.25) is 24.0 Å². The van der Waals surface area contributed by atoms with E-state index in [1.165, 1.54) is 4.90 Å². The zero-order chi connectivity index (χ0) is 31.4. The molecule has 0 radical (unpaired) electrons. The molecule has 0 aromatic carbocycles. The molecule has 41 heavy (non-hydrogen) atoms. The summed E-state index contributed by atoms with van der Waals surface area (Å²) in [5.74, 6) is -7.02. The summed E-state index contributed by atoms with van der Waals surface area (Å²) in [5, 5.41) is 30.8. The number of urea groups is 1. The second kappa shape index (κ2) is 16.4. The summed E-state index contributed by atoms with van der Waals surface area (Å²) in [5.41, 5.74) is 0. The SMILES string of the molecule is CC(C)NC(=O)N[C@H](C(=O)N[C@@H](CC(=O)N1CCCC1)C(=O)N[C@@H](CC(=O)O)C(=O)N[C@H](C(=O)O)C(C)C)C(C)C. The van der Waals surface area contributed by atoms with Crippen molar-refractivity contribution < 1.29 is 43.8 Å². The van der Waals surface area contributed by atoms with Crippen molar-refractivity contribution in [3.63, 3.8) is 0 Å². The lowest BCUT2D eigenvalue weighted by Gasteiger charge is -2.28. The fourth-order valence-electron chi connectivity index (χ4n) is 4.14. The predicted molar refractivity (Wildman–Crippen MR) is 146 cm³/mol. The van der Waals surface area contributed by atoms with Gasteiger partial charge in [-0.25, -0.2) is 9.59 Å². The van der Waals surface area contributed by atoms with E-state index >= 15 is 0 Å². The lowest BCUT2D eigenvalue weighted by atomic mass is 10.0. The first-order valence-electron chi connectivity index (χ1n) is 13.7. The van der Waals surface area contributed by atoms with E-state index < -0.39 is 90.4 Å². The summed E-state index contributed by atoms with van der Waals surface area (Å²) in [6.45, 7) is 10.8. The van der Waals surface area contributed by atoms with Gasteiger partial charge >= 0.3 is 18.0 Å². The zero-order valence-electron chi connectivity index (χ0n) is 24.5. The Hall–Kier alpha value is -3.91. The molecular formula is C26H44N6O9. The first-order valence-corrected chi connectivity index (χ1v) is 13.7. The molecule has 1 aliphatic heterocycles. The van der Waals surface area contributed by atoms with Crippen LogP contribution in [0.1, 0.15) is 67.2 Å². The largest absolute Gasteiger partial charge is 0.481 e. The Balaban J connectivity index is 3.22. The first-order chi connectivity index (χ1) is 19.0. The van der Waals surface area contributed by atoms with E-state index in [4.69, 9.17) is 0 Å². The quantitative estimate of drug-likeness (QED) is 0.130. The highest BCUT2D eigenvalue weighted by Crippen LogP contribution is 2.12. The fourth-order valence-corrected chi connectivity index (χ4v) is 4.14. The first kappa shape index (κ1) is 35.1. The number of carbonyl (C=O) groups excluding carboxylic acids is 5. The number of nitrogens with zero attached hydrogens (tertiary/aromatic N) is 1. The van der Waals surface area contributed by atoms with Gasteiger partial charge in [-0.15, -0.1) is 0 Å². The van der Waals surface area contributed by atoms with Gasteiger partial charge in [0.2, 0.25) is 23.6 Å². The van der Waals surface area contributed by atoms with E-state index in [-0.39, 0.29) is 6.04 Å². The summed E-state index contributed by atoms with van der Waals surface area (Å²) >= 11 is 0. The number of hydrogen-bond donors (Lipinski definition) is 7. The molecule has 0 aliphatic carbocycles. The van der Waals surface area contributed by atoms with Crippen LogP contribution < -0.4 is 26.6 Å². The summed E-state index contributed by atoms with van der Waals surface area (Å²) < 4.78 is 0. The van der Waals surface area contributed by atoms with Gasteiger partial charge in [-0.2, -0.15) is 0 Å². The Morgan fingerprint density at radius 2 is 1.12 bits per heavy atom. The van der Waals surface area contributed by atoms with Crippen LogP contribution in [0.5, 0.6) is 0 Å². The number of hydrogen-bond acceptors (Lipinski definition) is 7. The highest BCUT2D eigenvalue weighted by Gasteiger charge is 2.35. The minimum atomic E-state index is -1.70. The Morgan fingerprint density at radius 3 is 1.59 bits per heavy atom. The molecule has 6 amide bonds. The average molecular weight is 585 g/mol. The van der Waals surface area contributed by atoms with Gasteiger partial charge in [-0.05, 0) is 38.5 Å². The third-order valence-electron chi connectivity index (χ3n) is 6.37. The summed E-state index contributed by atoms with van der Waals surface area (Å²) in [4.78, 5) is 89.1. The lowest BCUT2D eigenvalue weighted by molar-refractivity contribution is -0.145. The van der Waals surface area contributed by atoms with Crippen LogP contribution in [0.3, 0.4) is 0 Å². The Kier molecular flexibility index (Phi) is 14.0. The normalized spacial score (nSPS) is 16.0. The maximum absolute atomic E-state index is 13.4. The monoisotopic (exact) mass is 584 g/mol. The molecule has 1 rings (SSSR count). The van der Waals surface area contributed by atoms with Crippen molar-refractivity contribution in [2.45, 2.75) is 97.4 Å². The van der Waals surface area contributed by atoms with E-state index in [9.17, 15) is 43.8 Å². The molecule has 1 heterocycles. The average Bonchev–Trinajstić information content (AvgIpc) is 3.38. The van der Waals surface area contributed by atoms with Crippen molar-refractivity contribution in [3.05, 3.63) is 0 Å². The zero-order valence-corrected chi connectivity index (χ0v) is 24.5. The minimum Gasteiger partial charge on any atom is -0.481 e. The Bertz CT molecular complexity index is 978. The van der Waals surface area contributed by atoms with Gasteiger partial charge in [0.1, 0.15) is 24.2 Å². The van der Waals surface area contributed by atoms with Crippen LogP contribution in [-0.2, 0) is 28.8 Å². The molecule has 1 aliphatic rings. The molecule has 15 heteroatoms. The topological polar surface area (TPSA) is 223 Å². The molecule has 1 saturated heterocycles. The van der Waals surface area contributed by atoms with Crippen molar-refractivity contribution in [3.8, 4) is 0 Å². The fraction of sp³-hybridized carbons (Fsp3) is 0.731. The molecule has 7 N–H and O–H groups in total. The van der Waals surface area contributed by atoms with Gasteiger partial charge in [0.15, 0.2) is 0 Å². The molecule has 232 valence electrons. The maximum atomic E-state index is 13.4. The van der Waals surface area contributed by atoms with E-state index in [0.29, 0.717) is 13.1 Å². The molecular weight excluding hydrogens is 540 g/mol. The number of amides is 6. The number of carboxylic acids is 2. The number of carboxylic acid groups (broad SMARTS) is 2. The second-order valence-electron chi connectivity index (χ2n) is 11.1. The van der Waals surface area contributed by atoms with Gasteiger partial charge in [0, 0.05) is 19.1 Å². The standard InChI is InChI=1S/C26H44N6O9/c1-13(2)20(31-26(41)27-15(5)6)24(38)29-16(11-18(33)32-9-7-8-10-32)22(36)28-17(12-19(34)35)23(37)30-21(14(3)4)25(39)40/h13-17,20-21H,7-12H2,1-6H3,(H,28,36)(H,29,38)(H,30,37)(H,34,35)(H,39,40)(H2,27,31,41)/t16-,17-,20-,21-/m0/s1. The molecule has 15 nitrogen and oxygen atoms in total. The Morgan fingerprint density at radius 1 is 0.634 bits per heavy atom. The number of carbonyl (C=O) groups is 7. The molecule has 0 aromatic heterocycles. The van der Waals surface area contributed by atoms with Gasteiger partial charge in [0.05, 0.1) is 12.8 Å². The highest BCUT2D eigenvalue weighted by molar-refractivity contribution is 5.98. The van der Waals surface area contributed by atoms with Crippen LogP contribution in [0.25, 0.3) is 0 Å². The minimum absolute atomic E-state index is 0.212. The van der Waals surface area contributed by atoms with Crippen molar-refractivity contribution in [2.24, 2.45) is 11.8 Å². The molecule has 0 spiro atoms.